The number of rotatable bonds is 6. The van der Waals surface area contributed by atoms with Gasteiger partial charge >= 0.3 is 0 Å². The van der Waals surface area contributed by atoms with Gasteiger partial charge in [0.15, 0.2) is 0 Å². The van der Waals surface area contributed by atoms with Crippen molar-refractivity contribution >= 4 is 15.7 Å². The molecule has 0 aromatic heterocycles. The van der Waals surface area contributed by atoms with E-state index in [1.165, 1.54) is 6.42 Å². The quantitative estimate of drug-likeness (QED) is 0.681. The summed E-state index contributed by atoms with van der Waals surface area (Å²) in [4.78, 5) is 2.55. The summed E-state index contributed by atoms with van der Waals surface area (Å²) < 4.78 is 41.5. The summed E-state index contributed by atoms with van der Waals surface area (Å²) >= 11 is 0. The topological polar surface area (TPSA) is 59.1 Å². The van der Waals surface area contributed by atoms with Gasteiger partial charge in [0.25, 0.3) is 0 Å². The molecule has 2 fully saturated rings. The molecule has 2 aliphatic heterocycles. The van der Waals surface area contributed by atoms with Crippen LogP contribution in [0.4, 0.5) is 5.69 Å². The van der Waals surface area contributed by atoms with Gasteiger partial charge in [0.2, 0.25) is 10.0 Å². The molecule has 0 spiro atoms. The summed E-state index contributed by atoms with van der Waals surface area (Å²) in [6.07, 6.45) is 4.87. The Hall–Kier alpha value is -2.09. The molecule has 166 valence electrons. The lowest BCUT2D eigenvalue weighted by Gasteiger charge is -2.31. The second-order valence-corrected chi connectivity index (χ2v) is 10.5. The zero-order valence-electron chi connectivity index (χ0n) is 17.8. The Morgan fingerprint density at radius 3 is 2.48 bits per heavy atom. The van der Waals surface area contributed by atoms with Crippen LogP contribution >= 0.6 is 0 Å². The fourth-order valence-corrected chi connectivity index (χ4v) is 6.58. The lowest BCUT2D eigenvalue weighted by Crippen LogP contribution is -2.41. The van der Waals surface area contributed by atoms with E-state index in [4.69, 9.17) is 9.47 Å². The first-order valence-electron chi connectivity index (χ1n) is 11.3. The van der Waals surface area contributed by atoms with Crippen LogP contribution in [-0.4, -0.2) is 51.1 Å². The van der Waals surface area contributed by atoms with E-state index >= 15 is 0 Å². The molecule has 1 saturated carbocycles. The molecule has 0 N–H and O–H groups in total. The zero-order valence-corrected chi connectivity index (χ0v) is 18.6. The van der Waals surface area contributed by atoms with Crippen LogP contribution in [-0.2, 0) is 21.4 Å². The standard InChI is InChI=1S/C24H30N2O4S/c27-31(28)24-22(25-14-5-2-6-15-25)10-7-11-23(24)30-21(16-26(31)20-12-13-20)18-29-17-19-8-3-1-4-9-19/h1,3-4,7-11,20-21H,2,5-6,12-18H2/t21-/m0/s1. The number of piperidine rings is 1. The van der Waals surface area contributed by atoms with Crippen LogP contribution < -0.4 is 9.64 Å². The molecule has 6 nitrogen and oxygen atoms in total. The van der Waals surface area contributed by atoms with E-state index in [1.54, 1.807) is 10.4 Å². The molecule has 0 amide bonds. The first-order chi connectivity index (χ1) is 15.1. The minimum absolute atomic E-state index is 0.0746. The van der Waals surface area contributed by atoms with Crippen LogP contribution in [0.25, 0.3) is 0 Å². The Labute approximate surface area is 184 Å². The van der Waals surface area contributed by atoms with Crippen molar-refractivity contribution in [2.24, 2.45) is 0 Å². The fourth-order valence-electron chi connectivity index (χ4n) is 4.55. The second kappa shape index (κ2) is 8.81. The van der Waals surface area contributed by atoms with Gasteiger partial charge in [-0.15, -0.1) is 0 Å². The average Bonchev–Trinajstić information content (AvgIpc) is 3.63. The van der Waals surface area contributed by atoms with Crippen LogP contribution in [0.3, 0.4) is 0 Å². The van der Waals surface area contributed by atoms with Crippen LogP contribution in [0.5, 0.6) is 5.75 Å². The lowest BCUT2D eigenvalue weighted by molar-refractivity contribution is 0.0335. The number of hydrogen-bond acceptors (Lipinski definition) is 5. The first-order valence-corrected chi connectivity index (χ1v) is 12.7. The van der Waals surface area contributed by atoms with Crippen molar-refractivity contribution in [3.63, 3.8) is 0 Å². The molecule has 1 atom stereocenters. The minimum Gasteiger partial charge on any atom is -0.485 e. The summed E-state index contributed by atoms with van der Waals surface area (Å²) in [7, 11) is -3.64. The molecule has 31 heavy (non-hydrogen) atoms. The molecule has 5 rings (SSSR count). The van der Waals surface area contributed by atoms with Gasteiger partial charge < -0.3 is 14.4 Å². The number of anilines is 1. The van der Waals surface area contributed by atoms with Crippen molar-refractivity contribution in [3.05, 3.63) is 54.1 Å². The van der Waals surface area contributed by atoms with Crippen molar-refractivity contribution in [1.82, 2.24) is 4.31 Å². The highest BCUT2D eigenvalue weighted by molar-refractivity contribution is 7.89. The third-order valence-corrected chi connectivity index (χ3v) is 8.26. The van der Waals surface area contributed by atoms with E-state index in [0.717, 1.165) is 50.0 Å². The van der Waals surface area contributed by atoms with Gasteiger partial charge in [-0.3, -0.25) is 0 Å². The zero-order chi connectivity index (χ0) is 21.3. The summed E-state index contributed by atoms with van der Waals surface area (Å²) in [5.74, 6) is 0.458. The maximum Gasteiger partial charge on any atom is 0.249 e. The van der Waals surface area contributed by atoms with Crippen molar-refractivity contribution in [2.45, 2.75) is 55.8 Å². The number of benzene rings is 2. The summed E-state index contributed by atoms with van der Waals surface area (Å²) in [6, 6.07) is 15.7. The van der Waals surface area contributed by atoms with Gasteiger partial charge in [0.05, 0.1) is 25.4 Å². The number of ether oxygens (including phenoxy) is 2. The predicted octanol–water partition coefficient (Wildman–Crippen LogP) is 3.81. The maximum absolute atomic E-state index is 13.8. The Morgan fingerprint density at radius 2 is 1.74 bits per heavy atom. The largest absolute Gasteiger partial charge is 0.485 e. The highest BCUT2D eigenvalue weighted by Crippen LogP contribution is 2.43. The Bertz CT molecular complexity index is 1000. The van der Waals surface area contributed by atoms with E-state index in [0.29, 0.717) is 30.4 Å². The Morgan fingerprint density at radius 1 is 0.968 bits per heavy atom. The van der Waals surface area contributed by atoms with E-state index in [9.17, 15) is 8.42 Å². The molecule has 7 heteroatoms. The third kappa shape index (κ3) is 4.45. The van der Waals surface area contributed by atoms with E-state index in [1.807, 2.05) is 42.5 Å². The maximum atomic E-state index is 13.8. The minimum atomic E-state index is -3.64. The number of hydrogen-bond donors (Lipinski definition) is 0. The normalized spacial score (nSPS) is 23.6. The average molecular weight is 443 g/mol. The molecule has 2 aromatic rings. The Balaban J connectivity index is 1.42. The molecule has 1 saturated heterocycles. The molecule has 1 aliphatic carbocycles. The molecule has 2 aromatic carbocycles. The van der Waals surface area contributed by atoms with Crippen molar-refractivity contribution in [3.8, 4) is 5.75 Å². The van der Waals surface area contributed by atoms with Gasteiger partial charge in [0, 0.05) is 19.1 Å². The van der Waals surface area contributed by atoms with Crippen LogP contribution in [0.2, 0.25) is 0 Å². The van der Waals surface area contributed by atoms with Crippen molar-refractivity contribution < 1.29 is 17.9 Å². The smallest absolute Gasteiger partial charge is 0.249 e. The van der Waals surface area contributed by atoms with Gasteiger partial charge in [-0.2, -0.15) is 4.31 Å². The number of sulfonamides is 1. The Kier molecular flexibility index (Phi) is 5.91. The summed E-state index contributed by atoms with van der Waals surface area (Å²) in [5, 5.41) is 0. The molecule has 0 radical (unpaired) electrons. The van der Waals surface area contributed by atoms with Gasteiger partial charge in [-0.05, 0) is 49.8 Å². The highest BCUT2D eigenvalue weighted by atomic mass is 32.2. The third-order valence-electron chi connectivity index (χ3n) is 6.27. The predicted molar refractivity (Wildman–Crippen MR) is 120 cm³/mol. The van der Waals surface area contributed by atoms with Crippen LogP contribution in [0.1, 0.15) is 37.7 Å². The van der Waals surface area contributed by atoms with Crippen molar-refractivity contribution in [1.29, 1.82) is 0 Å². The van der Waals surface area contributed by atoms with E-state index in [-0.39, 0.29) is 12.1 Å². The lowest BCUT2D eigenvalue weighted by atomic mass is 10.1. The van der Waals surface area contributed by atoms with Crippen LogP contribution in [0.15, 0.2) is 53.4 Å². The summed E-state index contributed by atoms with van der Waals surface area (Å²) in [6.45, 7) is 2.94. The second-order valence-electron chi connectivity index (χ2n) is 8.70. The van der Waals surface area contributed by atoms with Crippen LogP contribution in [0, 0.1) is 0 Å². The van der Waals surface area contributed by atoms with E-state index < -0.39 is 10.0 Å². The molecule has 0 bridgehead atoms. The number of nitrogens with zero attached hydrogens (tertiary/aromatic N) is 2. The van der Waals surface area contributed by atoms with Gasteiger partial charge in [0.1, 0.15) is 16.7 Å². The monoisotopic (exact) mass is 442 g/mol. The first kappa shape index (κ1) is 20.8. The molecule has 3 aliphatic rings. The van der Waals surface area contributed by atoms with Gasteiger partial charge in [-0.25, -0.2) is 8.42 Å². The molecule has 0 unspecified atom stereocenters. The van der Waals surface area contributed by atoms with Crippen molar-refractivity contribution in [2.75, 3.05) is 31.1 Å². The highest BCUT2D eigenvalue weighted by Gasteiger charge is 2.44. The molecule has 2 heterocycles. The summed E-state index contributed by atoms with van der Waals surface area (Å²) in [5.41, 5.74) is 1.88. The molecular formula is C24H30N2O4S. The van der Waals surface area contributed by atoms with Gasteiger partial charge in [-0.1, -0.05) is 36.4 Å². The molecular weight excluding hydrogens is 412 g/mol. The van der Waals surface area contributed by atoms with E-state index in [2.05, 4.69) is 4.90 Å². The number of fused-ring (bicyclic) bond motifs is 1. The SMILES string of the molecule is O=S1(=O)c2c(cccc2N2CCCCC2)O[C@H](COCc2ccccc2)CN1C1CC1. The fraction of sp³-hybridized carbons (Fsp3) is 0.500.